The minimum Gasteiger partial charge on any atom is -0.495 e. The zero-order valence-corrected chi connectivity index (χ0v) is 20.5. The van der Waals surface area contributed by atoms with Crippen molar-refractivity contribution in [2.75, 3.05) is 12.0 Å². The molecule has 0 saturated heterocycles. The van der Waals surface area contributed by atoms with E-state index in [1.807, 2.05) is 17.0 Å². The fraction of sp³-hybridized carbons (Fsp3) is 0.360. The van der Waals surface area contributed by atoms with E-state index in [1.54, 1.807) is 7.11 Å². The summed E-state index contributed by atoms with van der Waals surface area (Å²) in [6, 6.07) is 12.4. The van der Waals surface area contributed by atoms with E-state index in [0.717, 1.165) is 27.3 Å². The van der Waals surface area contributed by atoms with Crippen molar-refractivity contribution in [3.63, 3.8) is 0 Å². The molecule has 0 aliphatic carbocycles. The van der Waals surface area contributed by atoms with Crippen LogP contribution in [-0.4, -0.2) is 23.1 Å². The second-order valence-electron chi connectivity index (χ2n) is 9.14. The van der Waals surface area contributed by atoms with E-state index in [1.165, 1.54) is 16.9 Å². The number of aromatic hydroxyl groups is 1. The molecule has 1 amide bonds. The van der Waals surface area contributed by atoms with Crippen molar-refractivity contribution in [1.29, 1.82) is 0 Å². The van der Waals surface area contributed by atoms with Gasteiger partial charge in [0.05, 0.1) is 24.2 Å². The van der Waals surface area contributed by atoms with Crippen molar-refractivity contribution in [2.45, 2.75) is 52.0 Å². The Labute approximate surface area is 197 Å². The van der Waals surface area contributed by atoms with Crippen LogP contribution >= 0.6 is 23.6 Å². The predicted molar refractivity (Wildman–Crippen MR) is 132 cm³/mol. The maximum absolute atomic E-state index is 13.0. The third-order valence-corrected chi connectivity index (χ3v) is 7.16. The van der Waals surface area contributed by atoms with Crippen molar-refractivity contribution in [2.24, 2.45) is 0 Å². The molecule has 4 rings (SSSR count). The summed E-state index contributed by atoms with van der Waals surface area (Å²) in [7, 11) is 1.63. The number of hydrogen-bond acceptors (Lipinski definition) is 5. The van der Waals surface area contributed by atoms with E-state index >= 15 is 0 Å². The fourth-order valence-electron chi connectivity index (χ4n) is 4.16. The van der Waals surface area contributed by atoms with Gasteiger partial charge in [-0.15, -0.1) is 11.3 Å². The summed E-state index contributed by atoms with van der Waals surface area (Å²) >= 11 is 6.54. The summed E-state index contributed by atoms with van der Waals surface area (Å²) in [5.74, 6) is 0.897. The monoisotopic (exact) mass is 468 g/mol. The number of H-pyrrole nitrogens is 1. The molecule has 2 heterocycles. The Morgan fingerprint density at radius 1 is 1.16 bits per heavy atom. The van der Waals surface area contributed by atoms with Gasteiger partial charge in [-0.3, -0.25) is 4.79 Å². The van der Waals surface area contributed by atoms with Gasteiger partial charge in [0.15, 0.2) is 3.95 Å². The van der Waals surface area contributed by atoms with Gasteiger partial charge in [-0.25, -0.2) is 0 Å². The van der Waals surface area contributed by atoms with Crippen molar-refractivity contribution >= 4 is 35.1 Å². The number of fused-ring (bicyclic) bond motifs is 1. The molecule has 0 fully saturated rings. The number of rotatable bonds is 5. The van der Waals surface area contributed by atoms with E-state index in [4.69, 9.17) is 17.0 Å². The summed E-state index contributed by atoms with van der Waals surface area (Å²) in [5, 5.41) is 10.2. The second-order valence-corrected chi connectivity index (χ2v) is 10.9. The molecule has 0 bridgehead atoms. The molecule has 1 aliphatic rings. The first-order valence-corrected chi connectivity index (χ1v) is 11.9. The van der Waals surface area contributed by atoms with Gasteiger partial charge in [-0.2, -0.15) is 0 Å². The summed E-state index contributed by atoms with van der Waals surface area (Å²) in [5.41, 5.74) is 5.42. The molecule has 1 aliphatic heterocycles. The molecule has 0 atom stereocenters. The number of carbonyl (C=O) groups excluding carboxylic acids is 1. The maximum Gasteiger partial charge on any atom is 0.227 e. The van der Waals surface area contributed by atoms with E-state index in [-0.39, 0.29) is 17.2 Å². The van der Waals surface area contributed by atoms with Crippen LogP contribution in [0, 0.1) is 3.95 Å². The summed E-state index contributed by atoms with van der Waals surface area (Å²) in [6.45, 7) is 7.06. The molecule has 0 unspecified atom stereocenters. The summed E-state index contributed by atoms with van der Waals surface area (Å²) in [6.07, 6.45) is 1.65. The first-order chi connectivity index (χ1) is 15.2. The van der Waals surface area contributed by atoms with Crippen LogP contribution < -0.4 is 9.64 Å². The number of aromatic nitrogens is 1. The Kier molecular flexibility index (Phi) is 6.14. The summed E-state index contributed by atoms with van der Waals surface area (Å²) < 4.78 is 6.21. The Hall–Kier alpha value is -2.64. The molecule has 0 spiro atoms. The Morgan fingerprint density at radius 3 is 2.47 bits per heavy atom. The minimum absolute atomic E-state index is 0.0832. The predicted octanol–water partition coefficient (Wildman–Crippen LogP) is 5.89. The summed E-state index contributed by atoms with van der Waals surface area (Å²) in [4.78, 5) is 18.4. The number of hydrogen-bond donors (Lipinski definition) is 2. The third kappa shape index (κ3) is 4.45. The zero-order chi connectivity index (χ0) is 23.0. The van der Waals surface area contributed by atoms with Gasteiger partial charge in [-0.05, 0) is 52.4 Å². The van der Waals surface area contributed by atoms with Crippen LogP contribution in [0.2, 0.25) is 0 Å². The van der Waals surface area contributed by atoms with E-state index in [2.05, 4.69) is 50.0 Å². The lowest BCUT2D eigenvalue weighted by molar-refractivity contribution is -0.119. The van der Waals surface area contributed by atoms with Gasteiger partial charge in [-0.1, -0.05) is 51.1 Å². The van der Waals surface area contributed by atoms with Crippen LogP contribution in [0.4, 0.5) is 5.69 Å². The average molecular weight is 469 g/mol. The topological polar surface area (TPSA) is 65.6 Å². The fourth-order valence-corrected chi connectivity index (χ4v) is 5.30. The molecule has 3 aromatic rings. The van der Waals surface area contributed by atoms with Gasteiger partial charge in [0.1, 0.15) is 5.75 Å². The number of nitrogens with zero attached hydrogens (tertiary/aromatic N) is 1. The minimum atomic E-state index is 0.0832. The SMILES string of the molecule is COc1ccc(Cc2sc(=S)[nH]c2O)c2c1N(Cc1ccc(C(C)(C)C)cc1)C(=O)CC2. The number of ether oxygens (including phenoxy) is 1. The number of amides is 1. The van der Waals surface area contributed by atoms with E-state index in [9.17, 15) is 9.90 Å². The van der Waals surface area contributed by atoms with Crippen molar-refractivity contribution in [1.82, 2.24) is 4.98 Å². The number of aromatic amines is 1. The van der Waals surface area contributed by atoms with Crippen molar-refractivity contribution in [3.8, 4) is 11.6 Å². The molecule has 168 valence electrons. The second kappa shape index (κ2) is 8.71. The molecule has 0 radical (unpaired) electrons. The van der Waals surface area contributed by atoms with Gasteiger partial charge in [0.2, 0.25) is 11.8 Å². The van der Waals surface area contributed by atoms with Crippen LogP contribution in [0.1, 0.15) is 54.3 Å². The number of nitrogens with one attached hydrogen (secondary N) is 1. The first kappa shape index (κ1) is 22.6. The molecular weight excluding hydrogens is 440 g/mol. The van der Waals surface area contributed by atoms with Crippen molar-refractivity contribution < 1.29 is 14.6 Å². The quantitative estimate of drug-likeness (QED) is 0.459. The number of thiazole rings is 1. The highest BCUT2D eigenvalue weighted by atomic mass is 32.1. The van der Waals surface area contributed by atoms with Crippen LogP contribution in [0.5, 0.6) is 11.6 Å². The van der Waals surface area contributed by atoms with Gasteiger partial charge < -0.3 is 19.7 Å². The number of carbonyl (C=O) groups is 1. The molecule has 1 aromatic heterocycles. The number of methoxy groups -OCH3 is 1. The maximum atomic E-state index is 13.0. The Bertz CT molecular complexity index is 1200. The van der Waals surface area contributed by atoms with Gasteiger partial charge in [0.25, 0.3) is 0 Å². The molecule has 7 heteroatoms. The molecule has 5 nitrogen and oxygen atoms in total. The lowest BCUT2D eigenvalue weighted by atomic mass is 9.86. The molecule has 2 aromatic carbocycles. The largest absolute Gasteiger partial charge is 0.495 e. The van der Waals surface area contributed by atoms with E-state index < -0.39 is 0 Å². The normalized spacial score (nSPS) is 13.9. The smallest absolute Gasteiger partial charge is 0.227 e. The molecule has 2 N–H and O–H groups in total. The number of anilines is 1. The van der Waals surface area contributed by atoms with E-state index in [0.29, 0.717) is 35.5 Å². The Balaban J connectivity index is 1.71. The average Bonchev–Trinajstić information content (AvgIpc) is 3.06. The highest BCUT2D eigenvalue weighted by Gasteiger charge is 2.30. The van der Waals surface area contributed by atoms with Gasteiger partial charge in [0, 0.05) is 12.8 Å². The van der Waals surface area contributed by atoms with Crippen LogP contribution in [0.25, 0.3) is 0 Å². The lowest BCUT2D eigenvalue weighted by Gasteiger charge is -2.32. The van der Waals surface area contributed by atoms with Crippen LogP contribution in [-0.2, 0) is 29.6 Å². The third-order valence-electron chi connectivity index (χ3n) is 5.93. The molecule has 0 saturated carbocycles. The van der Waals surface area contributed by atoms with Crippen molar-refractivity contribution in [3.05, 3.63) is 67.5 Å². The molecular formula is C25H28N2O3S2. The number of benzene rings is 2. The van der Waals surface area contributed by atoms with Crippen LogP contribution in [0.15, 0.2) is 36.4 Å². The highest BCUT2D eigenvalue weighted by molar-refractivity contribution is 7.73. The molecule has 32 heavy (non-hydrogen) atoms. The van der Waals surface area contributed by atoms with Crippen LogP contribution in [0.3, 0.4) is 0 Å². The highest BCUT2D eigenvalue weighted by Crippen LogP contribution is 2.41. The standard InChI is InChI=1S/C25H28N2O3S2/c1-25(2,3)17-8-5-15(6-9-17)14-27-21(28)12-10-18-16(7-11-19(30-4)22(18)27)13-20-23(29)26-24(31)32-20/h5-9,11,29H,10,12-14H2,1-4H3,(H,26,31). The lowest BCUT2D eigenvalue weighted by Crippen LogP contribution is -2.35. The zero-order valence-electron chi connectivity index (χ0n) is 18.8. The van der Waals surface area contributed by atoms with Gasteiger partial charge >= 0.3 is 0 Å². The Morgan fingerprint density at radius 2 is 1.88 bits per heavy atom. The first-order valence-electron chi connectivity index (χ1n) is 10.7.